The van der Waals surface area contributed by atoms with Crippen LogP contribution in [0.15, 0.2) is 42.7 Å². The zero-order valence-corrected chi connectivity index (χ0v) is 17.4. The predicted octanol–water partition coefficient (Wildman–Crippen LogP) is 4.32. The number of benzene rings is 1. The number of aryl methyl sites for hydroxylation is 2. The fourth-order valence-electron chi connectivity index (χ4n) is 3.39. The van der Waals surface area contributed by atoms with Crippen LogP contribution in [0.25, 0.3) is 0 Å². The molecule has 0 saturated heterocycles. The Balaban J connectivity index is 1.69. The molecule has 1 fully saturated rings. The number of nitrogens with one attached hydrogen (secondary N) is 1. The highest BCUT2D eigenvalue weighted by atomic mass is 19.1. The van der Waals surface area contributed by atoms with Crippen LogP contribution in [0, 0.1) is 31.4 Å². The van der Waals surface area contributed by atoms with E-state index in [2.05, 4.69) is 20.3 Å². The van der Waals surface area contributed by atoms with E-state index in [9.17, 15) is 13.6 Å². The van der Waals surface area contributed by atoms with Gasteiger partial charge in [-0.15, -0.1) is 0 Å². The van der Waals surface area contributed by atoms with Crippen LogP contribution in [0.4, 0.5) is 20.3 Å². The molecule has 4 rings (SSSR count). The quantitative estimate of drug-likeness (QED) is 0.613. The third kappa shape index (κ3) is 4.84. The molecule has 160 valence electrons. The molecule has 8 heteroatoms. The molecule has 3 aromatic rings. The number of pyridine rings is 1. The minimum absolute atomic E-state index is 0.00814. The summed E-state index contributed by atoms with van der Waals surface area (Å²) in [5.74, 6) is -0.417. The number of aromatic nitrogens is 3. The zero-order valence-electron chi connectivity index (χ0n) is 17.4. The first-order valence-corrected chi connectivity index (χ1v) is 10.1. The maximum atomic E-state index is 14.8. The minimum atomic E-state index is -0.520. The summed E-state index contributed by atoms with van der Waals surface area (Å²) in [6, 6.07) is 7.35. The SMILES string of the molecule is Cc1ncc(CN(Cc2c(F)cccc2NC(=O)C2CC2)c2ncccc2F)c(C)n1. The molecule has 0 spiro atoms. The first kappa shape index (κ1) is 20.8. The van der Waals surface area contributed by atoms with Crippen molar-refractivity contribution in [3.8, 4) is 0 Å². The molecule has 1 aromatic carbocycles. The molecule has 2 heterocycles. The van der Waals surface area contributed by atoms with Crippen LogP contribution in [-0.2, 0) is 17.9 Å². The van der Waals surface area contributed by atoms with Crippen molar-refractivity contribution in [3.05, 3.63) is 77.0 Å². The average Bonchev–Trinajstić information content (AvgIpc) is 3.57. The molecule has 31 heavy (non-hydrogen) atoms. The first-order valence-electron chi connectivity index (χ1n) is 10.1. The van der Waals surface area contributed by atoms with Crippen molar-refractivity contribution in [2.45, 2.75) is 39.8 Å². The predicted molar refractivity (Wildman–Crippen MR) is 113 cm³/mol. The van der Waals surface area contributed by atoms with Gasteiger partial charge in [-0.05, 0) is 51.0 Å². The molecule has 1 amide bonds. The number of carbonyl (C=O) groups is 1. The van der Waals surface area contributed by atoms with Gasteiger partial charge in [0, 0.05) is 53.9 Å². The van der Waals surface area contributed by atoms with Crippen molar-refractivity contribution in [2.24, 2.45) is 5.92 Å². The van der Waals surface area contributed by atoms with Crippen molar-refractivity contribution in [1.82, 2.24) is 15.0 Å². The number of anilines is 2. The molecule has 0 aliphatic heterocycles. The van der Waals surface area contributed by atoms with Crippen LogP contribution in [0.3, 0.4) is 0 Å². The first-order chi connectivity index (χ1) is 14.9. The van der Waals surface area contributed by atoms with Crippen LogP contribution < -0.4 is 10.2 Å². The maximum Gasteiger partial charge on any atom is 0.227 e. The van der Waals surface area contributed by atoms with E-state index in [1.54, 1.807) is 30.2 Å². The van der Waals surface area contributed by atoms with Crippen molar-refractivity contribution in [3.63, 3.8) is 0 Å². The van der Waals surface area contributed by atoms with E-state index in [1.165, 1.54) is 24.4 Å². The van der Waals surface area contributed by atoms with Gasteiger partial charge in [0.2, 0.25) is 5.91 Å². The van der Waals surface area contributed by atoms with Gasteiger partial charge in [0.1, 0.15) is 11.6 Å². The highest BCUT2D eigenvalue weighted by Crippen LogP contribution is 2.32. The summed E-state index contributed by atoms with van der Waals surface area (Å²) in [6.07, 6.45) is 4.85. The molecule has 0 unspecified atom stereocenters. The Kier molecular flexibility index (Phi) is 5.88. The summed E-state index contributed by atoms with van der Waals surface area (Å²) >= 11 is 0. The highest BCUT2D eigenvalue weighted by molar-refractivity contribution is 5.94. The van der Waals surface area contributed by atoms with Gasteiger partial charge < -0.3 is 10.2 Å². The molecule has 1 N–H and O–H groups in total. The van der Waals surface area contributed by atoms with E-state index in [0.717, 1.165) is 24.1 Å². The van der Waals surface area contributed by atoms with Crippen LogP contribution in [0.1, 0.15) is 35.5 Å². The van der Waals surface area contributed by atoms with Crippen LogP contribution >= 0.6 is 0 Å². The van der Waals surface area contributed by atoms with Crippen LogP contribution in [-0.4, -0.2) is 20.9 Å². The Labute approximate surface area is 179 Å². The normalized spacial score (nSPS) is 13.2. The maximum absolute atomic E-state index is 14.8. The Morgan fingerprint density at radius 3 is 2.58 bits per heavy atom. The Bertz CT molecular complexity index is 1120. The molecule has 2 aromatic heterocycles. The van der Waals surface area contributed by atoms with E-state index < -0.39 is 11.6 Å². The largest absolute Gasteiger partial charge is 0.345 e. The molecular formula is C23H23F2N5O. The third-order valence-corrected chi connectivity index (χ3v) is 5.28. The van der Waals surface area contributed by atoms with Gasteiger partial charge in [0.05, 0.1) is 0 Å². The number of rotatable bonds is 7. The number of carbonyl (C=O) groups excluding carboxylic acids is 1. The summed E-state index contributed by atoms with van der Waals surface area (Å²) in [5, 5.41) is 2.82. The number of halogens is 2. The van der Waals surface area contributed by atoms with E-state index in [-0.39, 0.29) is 36.3 Å². The molecule has 1 saturated carbocycles. The fourth-order valence-corrected chi connectivity index (χ4v) is 3.39. The number of hydrogen-bond acceptors (Lipinski definition) is 5. The van der Waals surface area contributed by atoms with Crippen molar-refractivity contribution < 1.29 is 13.6 Å². The molecule has 0 bridgehead atoms. The lowest BCUT2D eigenvalue weighted by Gasteiger charge is -2.26. The lowest BCUT2D eigenvalue weighted by atomic mass is 10.1. The van der Waals surface area contributed by atoms with E-state index in [4.69, 9.17) is 0 Å². The van der Waals surface area contributed by atoms with Gasteiger partial charge in [-0.25, -0.2) is 23.7 Å². The van der Waals surface area contributed by atoms with Crippen LogP contribution in [0.5, 0.6) is 0 Å². The number of nitrogens with zero attached hydrogens (tertiary/aromatic N) is 4. The summed E-state index contributed by atoms with van der Waals surface area (Å²) in [7, 11) is 0. The van der Waals surface area contributed by atoms with Crippen molar-refractivity contribution in [2.75, 3.05) is 10.2 Å². The topological polar surface area (TPSA) is 71.0 Å². The van der Waals surface area contributed by atoms with Gasteiger partial charge in [-0.1, -0.05) is 6.07 Å². The molecule has 1 aliphatic rings. The number of amides is 1. The van der Waals surface area contributed by atoms with Crippen molar-refractivity contribution in [1.29, 1.82) is 0 Å². The zero-order chi connectivity index (χ0) is 22.0. The van der Waals surface area contributed by atoms with E-state index in [0.29, 0.717) is 11.5 Å². The second kappa shape index (κ2) is 8.75. The second-order valence-corrected chi connectivity index (χ2v) is 7.72. The van der Waals surface area contributed by atoms with Gasteiger partial charge in [0.25, 0.3) is 0 Å². The van der Waals surface area contributed by atoms with Gasteiger partial charge in [0.15, 0.2) is 11.6 Å². The van der Waals surface area contributed by atoms with Gasteiger partial charge >= 0.3 is 0 Å². The molecular weight excluding hydrogens is 400 g/mol. The molecule has 6 nitrogen and oxygen atoms in total. The van der Waals surface area contributed by atoms with E-state index >= 15 is 0 Å². The lowest BCUT2D eigenvalue weighted by Crippen LogP contribution is -2.27. The highest BCUT2D eigenvalue weighted by Gasteiger charge is 2.30. The summed E-state index contributed by atoms with van der Waals surface area (Å²) < 4.78 is 29.5. The Hall–Kier alpha value is -3.42. The summed E-state index contributed by atoms with van der Waals surface area (Å²) in [6.45, 7) is 3.88. The van der Waals surface area contributed by atoms with Crippen LogP contribution in [0.2, 0.25) is 0 Å². The smallest absolute Gasteiger partial charge is 0.227 e. The molecule has 0 atom stereocenters. The minimum Gasteiger partial charge on any atom is -0.345 e. The van der Waals surface area contributed by atoms with Gasteiger partial charge in [-0.2, -0.15) is 0 Å². The average molecular weight is 423 g/mol. The Morgan fingerprint density at radius 2 is 1.87 bits per heavy atom. The van der Waals surface area contributed by atoms with Crippen molar-refractivity contribution >= 4 is 17.4 Å². The standard InChI is InChI=1S/C23H23F2N5O/c1-14-17(11-27-15(2)28-14)12-30(22-20(25)6-4-10-26-22)13-18-19(24)5-3-7-21(18)29-23(31)16-8-9-16/h3-7,10-11,16H,8-9,12-13H2,1-2H3,(H,29,31). The Morgan fingerprint density at radius 1 is 1.10 bits per heavy atom. The lowest BCUT2D eigenvalue weighted by molar-refractivity contribution is -0.117. The van der Waals surface area contributed by atoms with Gasteiger partial charge in [-0.3, -0.25) is 4.79 Å². The molecule has 0 radical (unpaired) electrons. The monoisotopic (exact) mass is 423 g/mol. The summed E-state index contributed by atoms with van der Waals surface area (Å²) in [5.41, 5.74) is 2.18. The summed E-state index contributed by atoms with van der Waals surface area (Å²) in [4.78, 5) is 26.7. The molecule has 1 aliphatic carbocycles. The van der Waals surface area contributed by atoms with E-state index in [1.807, 2.05) is 6.92 Å². The fraction of sp³-hybridized carbons (Fsp3) is 0.304. The third-order valence-electron chi connectivity index (χ3n) is 5.28. The second-order valence-electron chi connectivity index (χ2n) is 7.72. The number of hydrogen-bond donors (Lipinski definition) is 1.